The van der Waals surface area contributed by atoms with Crippen molar-refractivity contribution in [3.05, 3.63) is 42.1 Å². The van der Waals surface area contributed by atoms with E-state index >= 15 is 0 Å². The Kier molecular flexibility index (Phi) is 8.12. The number of thioether (sulfide) groups is 1. The van der Waals surface area contributed by atoms with E-state index in [1.54, 1.807) is 20.3 Å². The molecule has 0 saturated carbocycles. The van der Waals surface area contributed by atoms with Gasteiger partial charge in [0.25, 0.3) is 0 Å². The summed E-state index contributed by atoms with van der Waals surface area (Å²) in [5.41, 5.74) is 7.67. The molecule has 2 heterocycles. The molecule has 0 aliphatic carbocycles. The van der Waals surface area contributed by atoms with Gasteiger partial charge in [-0.05, 0) is 31.0 Å². The molecule has 1 amide bonds. The van der Waals surface area contributed by atoms with Gasteiger partial charge in [0.1, 0.15) is 0 Å². The van der Waals surface area contributed by atoms with Crippen molar-refractivity contribution in [2.45, 2.75) is 25.0 Å². The zero-order valence-electron chi connectivity index (χ0n) is 18.3. The number of aromatic nitrogens is 4. The standard InChI is InChI=1S/C21H26N6O3S2/c1-5-10-27-19(18-13(2)24-20(22)32-18)25-26-21(27)31-12-17(28)23-9-8-14-6-7-15(29-3)16(11-14)30-4/h5-7,11H,1,8-10,12H2,2-4H3,(H2,22,24)(H,23,28). The molecule has 0 unspecified atom stereocenters. The number of anilines is 1. The van der Waals surface area contributed by atoms with Crippen LogP contribution >= 0.6 is 23.1 Å². The molecule has 0 aliphatic rings. The average Bonchev–Trinajstić information content (AvgIpc) is 3.33. The molecule has 2 aromatic heterocycles. The van der Waals surface area contributed by atoms with Gasteiger partial charge in [-0.25, -0.2) is 4.98 Å². The van der Waals surface area contributed by atoms with Gasteiger partial charge < -0.3 is 20.5 Å². The Morgan fingerprint density at radius 3 is 2.75 bits per heavy atom. The maximum atomic E-state index is 12.4. The highest BCUT2D eigenvalue weighted by atomic mass is 32.2. The summed E-state index contributed by atoms with van der Waals surface area (Å²) in [6, 6.07) is 5.72. The number of methoxy groups -OCH3 is 2. The number of hydrogen-bond donors (Lipinski definition) is 2. The largest absolute Gasteiger partial charge is 0.493 e. The number of carbonyl (C=O) groups is 1. The highest BCUT2D eigenvalue weighted by Gasteiger charge is 2.19. The Balaban J connectivity index is 1.57. The molecule has 3 N–H and O–H groups in total. The molecule has 0 saturated heterocycles. The van der Waals surface area contributed by atoms with Crippen LogP contribution < -0.4 is 20.5 Å². The van der Waals surface area contributed by atoms with Crippen LogP contribution in [0, 0.1) is 6.92 Å². The van der Waals surface area contributed by atoms with Crippen molar-refractivity contribution in [1.29, 1.82) is 0 Å². The van der Waals surface area contributed by atoms with Crippen LogP contribution in [0.4, 0.5) is 5.13 Å². The highest BCUT2D eigenvalue weighted by molar-refractivity contribution is 7.99. The fourth-order valence-electron chi connectivity index (χ4n) is 3.05. The summed E-state index contributed by atoms with van der Waals surface area (Å²) in [5.74, 6) is 2.17. The van der Waals surface area contributed by atoms with Crippen molar-refractivity contribution < 1.29 is 14.3 Å². The number of amides is 1. The normalized spacial score (nSPS) is 10.7. The minimum absolute atomic E-state index is 0.0802. The predicted molar refractivity (Wildman–Crippen MR) is 127 cm³/mol. The third-order valence-corrected chi connectivity index (χ3v) is 6.51. The maximum absolute atomic E-state index is 12.4. The zero-order valence-corrected chi connectivity index (χ0v) is 19.9. The Morgan fingerprint density at radius 1 is 1.31 bits per heavy atom. The number of aryl methyl sites for hydroxylation is 1. The van der Waals surface area contributed by atoms with E-state index in [-0.39, 0.29) is 11.7 Å². The molecule has 0 fully saturated rings. The molecule has 3 aromatic rings. The number of thiazole rings is 1. The summed E-state index contributed by atoms with van der Waals surface area (Å²) < 4.78 is 12.5. The highest BCUT2D eigenvalue weighted by Crippen LogP contribution is 2.32. The maximum Gasteiger partial charge on any atom is 0.230 e. The number of carbonyl (C=O) groups excluding carboxylic acids is 1. The molecule has 0 radical (unpaired) electrons. The summed E-state index contributed by atoms with van der Waals surface area (Å²) >= 11 is 2.69. The predicted octanol–water partition coefficient (Wildman–Crippen LogP) is 2.95. The van der Waals surface area contributed by atoms with Crippen LogP contribution in [-0.4, -0.2) is 52.2 Å². The first kappa shape index (κ1) is 23.6. The number of nitrogens with one attached hydrogen (secondary N) is 1. The van der Waals surface area contributed by atoms with E-state index in [2.05, 4.69) is 27.1 Å². The lowest BCUT2D eigenvalue weighted by Crippen LogP contribution is -2.27. The van der Waals surface area contributed by atoms with Crippen LogP contribution in [0.5, 0.6) is 11.5 Å². The van der Waals surface area contributed by atoms with Crippen molar-refractivity contribution in [3.8, 4) is 22.2 Å². The van der Waals surface area contributed by atoms with Gasteiger partial charge in [-0.2, -0.15) is 0 Å². The Labute approximate surface area is 195 Å². The van der Waals surface area contributed by atoms with Crippen molar-refractivity contribution in [2.24, 2.45) is 0 Å². The summed E-state index contributed by atoms with van der Waals surface area (Å²) in [6.45, 7) is 6.72. The molecule has 9 nitrogen and oxygen atoms in total. The van der Waals surface area contributed by atoms with Gasteiger partial charge in [-0.3, -0.25) is 9.36 Å². The quantitative estimate of drug-likeness (QED) is 0.322. The number of nitrogens with two attached hydrogens (primary N) is 1. The first-order valence-electron chi connectivity index (χ1n) is 9.84. The lowest BCUT2D eigenvalue weighted by Gasteiger charge is -2.10. The topological polar surface area (TPSA) is 117 Å². The number of nitrogens with zero attached hydrogens (tertiary/aromatic N) is 4. The third-order valence-electron chi connectivity index (χ3n) is 4.56. The van der Waals surface area contributed by atoms with Gasteiger partial charge in [-0.1, -0.05) is 35.2 Å². The van der Waals surface area contributed by atoms with E-state index in [1.807, 2.05) is 29.7 Å². The monoisotopic (exact) mass is 474 g/mol. The summed E-state index contributed by atoms with van der Waals surface area (Å²) in [7, 11) is 3.20. The van der Waals surface area contributed by atoms with Crippen molar-refractivity contribution in [1.82, 2.24) is 25.1 Å². The summed E-state index contributed by atoms with van der Waals surface area (Å²) in [5, 5.41) is 12.6. The van der Waals surface area contributed by atoms with Gasteiger partial charge in [0, 0.05) is 13.1 Å². The van der Waals surface area contributed by atoms with Crippen LogP contribution in [0.25, 0.3) is 10.7 Å². The molecular weight excluding hydrogens is 448 g/mol. The fourth-order valence-corrected chi connectivity index (χ4v) is 4.65. The van der Waals surface area contributed by atoms with Crippen LogP contribution in [0.15, 0.2) is 36.0 Å². The third kappa shape index (κ3) is 5.60. The van der Waals surface area contributed by atoms with E-state index in [0.717, 1.165) is 16.1 Å². The number of allylic oxidation sites excluding steroid dienone is 1. The first-order valence-corrected chi connectivity index (χ1v) is 11.6. The smallest absolute Gasteiger partial charge is 0.230 e. The molecule has 0 bridgehead atoms. The second kappa shape index (κ2) is 11.0. The Bertz CT molecular complexity index is 1100. The van der Waals surface area contributed by atoms with Crippen molar-refractivity contribution >= 4 is 34.1 Å². The fraction of sp³-hybridized carbons (Fsp3) is 0.333. The van der Waals surface area contributed by atoms with E-state index < -0.39 is 0 Å². The average molecular weight is 475 g/mol. The molecule has 11 heteroatoms. The number of ether oxygens (including phenoxy) is 2. The van der Waals surface area contributed by atoms with E-state index in [1.165, 1.54) is 23.1 Å². The SMILES string of the molecule is C=CCn1c(SCC(=O)NCCc2ccc(OC)c(OC)c2)nnc1-c1sc(N)nc1C. The number of rotatable bonds is 11. The number of nitrogen functional groups attached to an aromatic ring is 1. The molecular formula is C21H26N6O3S2. The number of hydrogen-bond acceptors (Lipinski definition) is 9. The van der Waals surface area contributed by atoms with Gasteiger partial charge in [0.15, 0.2) is 27.6 Å². The van der Waals surface area contributed by atoms with Gasteiger partial charge in [0.05, 0.1) is 30.5 Å². The van der Waals surface area contributed by atoms with E-state index in [9.17, 15) is 4.79 Å². The van der Waals surface area contributed by atoms with Crippen molar-refractivity contribution in [3.63, 3.8) is 0 Å². The van der Waals surface area contributed by atoms with Gasteiger partial charge >= 0.3 is 0 Å². The Morgan fingerprint density at radius 2 is 2.09 bits per heavy atom. The second-order valence-corrected chi connectivity index (χ2v) is 8.72. The molecule has 170 valence electrons. The van der Waals surface area contributed by atoms with Crippen molar-refractivity contribution in [2.75, 3.05) is 32.3 Å². The summed E-state index contributed by atoms with van der Waals surface area (Å²) in [6.07, 6.45) is 2.44. The minimum Gasteiger partial charge on any atom is -0.493 e. The zero-order chi connectivity index (χ0) is 23.1. The van der Waals surface area contributed by atoms with E-state index in [4.69, 9.17) is 15.2 Å². The van der Waals surface area contributed by atoms with E-state index in [0.29, 0.717) is 47.1 Å². The summed E-state index contributed by atoms with van der Waals surface area (Å²) in [4.78, 5) is 17.5. The van der Waals surface area contributed by atoms with Gasteiger partial charge in [0.2, 0.25) is 5.91 Å². The number of benzene rings is 1. The molecule has 0 atom stereocenters. The van der Waals surface area contributed by atoms with Crippen LogP contribution in [0.2, 0.25) is 0 Å². The lowest BCUT2D eigenvalue weighted by molar-refractivity contribution is -0.118. The van der Waals surface area contributed by atoms with Gasteiger partial charge in [-0.15, -0.1) is 16.8 Å². The van der Waals surface area contributed by atoms with Crippen LogP contribution in [0.3, 0.4) is 0 Å². The molecule has 32 heavy (non-hydrogen) atoms. The first-order chi connectivity index (χ1) is 15.5. The molecule has 1 aromatic carbocycles. The molecule has 0 aliphatic heterocycles. The Hall–Kier alpha value is -3.05. The second-order valence-electron chi connectivity index (χ2n) is 6.75. The van der Waals surface area contributed by atoms with Crippen LogP contribution in [-0.2, 0) is 17.8 Å². The minimum atomic E-state index is -0.0802. The lowest BCUT2D eigenvalue weighted by atomic mass is 10.1. The van der Waals surface area contributed by atoms with Crippen LogP contribution in [0.1, 0.15) is 11.3 Å². The molecule has 3 rings (SSSR count). The molecule has 0 spiro atoms.